The summed E-state index contributed by atoms with van der Waals surface area (Å²) in [5.41, 5.74) is 5.26. The summed E-state index contributed by atoms with van der Waals surface area (Å²) in [6, 6.07) is 15.9. The van der Waals surface area contributed by atoms with Gasteiger partial charge in [0.2, 0.25) is 0 Å². The van der Waals surface area contributed by atoms with Gasteiger partial charge in [-0.3, -0.25) is 9.13 Å². The fourth-order valence-corrected chi connectivity index (χ4v) is 4.25. The average molecular weight is 469 g/mol. The molecule has 0 aliphatic heterocycles. The molecule has 35 heavy (non-hydrogen) atoms. The number of aromatic nitrogens is 6. The van der Waals surface area contributed by atoms with Gasteiger partial charge in [-0.15, -0.1) is 0 Å². The van der Waals surface area contributed by atoms with Gasteiger partial charge in [-0.1, -0.05) is 50.2 Å². The maximum Gasteiger partial charge on any atom is 0.330 e. The van der Waals surface area contributed by atoms with E-state index in [2.05, 4.69) is 29.9 Å². The molecule has 0 aliphatic carbocycles. The molecule has 0 bridgehead atoms. The lowest BCUT2D eigenvalue weighted by Crippen LogP contribution is -2.22. The zero-order chi connectivity index (χ0) is 24.5. The molecule has 8 heteroatoms. The predicted octanol–water partition coefficient (Wildman–Crippen LogP) is 4.28. The Morgan fingerprint density at radius 3 is 2.63 bits per heavy atom. The van der Waals surface area contributed by atoms with Gasteiger partial charge >= 0.3 is 5.69 Å². The summed E-state index contributed by atoms with van der Waals surface area (Å²) in [5, 5.41) is 0. The second-order valence-corrected chi connectivity index (χ2v) is 9.00. The van der Waals surface area contributed by atoms with E-state index < -0.39 is 0 Å². The predicted molar refractivity (Wildman–Crippen MR) is 135 cm³/mol. The van der Waals surface area contributed by atoms with E-state index in [0.29, 0.717) is 36.1 Å². The molecule has 0 atom stereocenters. The summed E-state index contributed by atoms with van der Waals surface area (Å²) in [7, 11) is 3.68. The molecule has 2 aromatic carbocycles. The van der Waals surface area contributed by atoms with Crippen LogP contribution in [0.1, 0.15) is 36.6 Å². The Morgan fingerprint density at radius 1 is 1.03 bits per heavy atom. The van der Waals surface area contributed by atoms with E-state index in [1.807, 2.05) is 54.1 Å². The number of hydrogen-bond donors (Lipinski definition) is 0. The molecule has 0 radical (unpaired) electrons. The zero-order valence-corrected chi connectivity index (χ0v) is 20.3. The van der Waals surface area contributed by atoms with Crippen molar-refractivity contribution in [3.63, 3.8) is 0 Å². The molecule has 0 unspecified atom stereocenters. The van der Waals surface area contributed by atoms with E-state index in [0.717, 1.165) is 22.6 Å². The van der Waals surface area contributed by atoms with Gasteiger partial charge in [0, 0.05) is 19.7 Å². The highest BCUT2D eigenvalue weighted by Gasteiger charge is 2.17. The van der Waals surface area contributed by atoms with Crippen LogP contribution in [0.15, 0.2) is 72.0 Å². The van der Waals surface area contributed by atoms with E-state index in [4.69, 9.17) is 9.72 Å². The van der Waals surface area contributed by atoms with Crippen LogP contribution in [0.5, 0.6) is 5.75 Å². The van der Waals surface area contributed by atoms with Gasteiger partial charge in [0.05, 0.1) is 31.0 Å². The second kappa shape index (κ2) is 9.21. The van der Waals surface area contributed by atoms with Crippen molar-refractivity contribution in [2.75, 3.05) is 0 Å². The van der Waals surface area contributed by atoms with Crippen LogP contribution in [-0.2, 0) is 27.2 Å². The normalized spacial score (nSPS) is 11.5. The summed E-state index contributed by atoms with van der Waals surface area (Å²) in [6.07, 6.45) is 5.27. The summed E-state index contributed by atoms with van der Waals surface area (Å²) >= 11 is 0. The van der Waals surface area contributed by atoms with Crippen molar-refractivity contribution >= 4 is 11.2 Å². The second-order valence-electron chi connectivity index (χ2n) is 9.00. The minimum Gasteiger partial charge on any atom is -0.487 e. The van der Waals surface area contributed by atoms with Gasteiger partial charge in [-0.25, -0.2) is 19.7 Å². The Balaban J connectivity index is 1.49. The summed E-state index contributed by atoms with van der Waals surface area (Å²) in [6.45, 7) is 5.10. The molecule has 3 heterocycles. The minimum atomic E-state index is -0.134. The van der Waals surface area contributed by atoms with E-state index in [1.54, 1.807) is 34.9 Å². The van der Waals surface area contributed by atoms with E-state index in [1.165, 1.54) is 5.56 Å². The fourth-order valence-electron chi connectivity index (χ4n) is 4.25. The highest BCUT2D eigenvalue weighted by atomic mass is 16.5. The summed E-state index contributed by atoms with van der Waals surface area (Å²) in [5.74, 6) is 1.69. The van der Waals surface area contributed by atoms with Crippen molar-refractivity contribution in [3.05, 3.63) is 94.6 Å². The molecule has 0 saturated heterocycles. The van der Waals surface area contributed by atoms with Crippen molar-refractivity contribution in [3.8, 4) is 17.1 Å². The van der Waals surface area contributed by atoms with Gasteiger partial charge in [0.1, 0.15) is 17.9 Å². The van der Waals surface area contributed by atoms with Crippen LogP contribution in [0, 0.1) is 0 Å². The number of nitrogens with zero attached hydrogens (tertiary/aromatic N) is 6. The fraction of sp³-hybridized carbons (Fsp3) is 0.259. The molecule has 5 rings (SSSR count). The Bertz CT molecular complexity index is 1560. The van der Waals surface area contributed by atoms with Crippen molar-refractivity contribution < 1.29 is 4.74 Å². The number of ether oxygens (including phenoxy) is 1. The highest BCUT2D eigenvalue weighted by molar-refractivity contribution is 5.74. The summed E-state index contributed by atoms with van der Waals surface area (Å²) < 4.78 is 11.2. The Morgan fingerprint density at radius 2 is 1.86 bits per heavy atom. The van der Waals surface area contributed by atoms with Crippen molar-refractivity contribution in [1.29, 1.82) is 0 Å². The lowest BCUT2D eigenvalue weighted by atomic mass is 9.97. The lowest BCUT2D eigenvalue weighted by Gasteiger charge is -2.12. The monoisotopic (exact) mass is 468 g/mol. The number of hydrogen-bond acceptors (Lipinski definition) is 5. The molecule has 3 aromatic heterocycles. The van der Waals surface area contributed by atoms with Gasteiger partial charge in [-0.2, -0.15) is 0 Å². The largest absolute Gasteiger partial charge is 0.487 e. The summed E-state index contributed by atoms with van der Waals surface area (Å²) in [4.78, 5) is 26.7. The number of fused-ring (bicyclic) bond motifs is 1. The van der Waals surface area contributed by atoms with Crippen molar-refractivity contribution in [2.45, 2.75) is 32.9 Å². The van der Waals surface area contributed by atoms with Crippen LogP contribution in [0.25, 0.3) is 22.6 Å². The number of benzene rings is 2. The Hall–Kier alpha value is -4.20. The maximum atomic E-state index is 13.1. The van der Waals surface area contributed by atoms with Crippen LogP contribution < -0.4 is 10.4 Å². The molecule has 0 fully saturated rings. The third-order valence-electron chi connectivity index (χ3n) is 6.25. The molecular formula is C27H28N6O2. The van der Waals surface area contributed by atoms with E-state index >= 15 is 0 Å². The van der Waals surface area contributed by atoms with Gasteiger partial charge < -0.3 is 9.30 Å². The highest BCUT2D eigenvalue weighted by Crippen LogP contribution is 2.27. The van der Waals surface area contributed by atoms with Crippen molar-refractivity contribution in [2.24, 2.45) is 14.1 Å². The van der Waals surface area contributed by atoms with Crippen LogP contribution in [0.2, 0.25) is 0 Å². The molecular weight excluding hydrogens is 440 g/mol. The minimum absolute atomic E-state index is 0.134. The quantitative estimate of drug-likeness (QED) is 0.356. The third-order valence-corrected chi connectivity index (χ3v) is 6.25. The molecule has 0 N–H and O–H groups in total. The lowest BCUT2D eigenvalue weighted by molar-refractivity contribution is 0.297. The van der Waals surface area contributed by atoms with Crippen LogP contribution in [-0.4, -0.2) is 28.7 Å². The van der Waals surface area contributed by atoms with Crippen LogP contribution in [0.3, 0.4) is 0 Å². The first-order valence-corrected chi connectivity index (χ1v) is 11.6. The zero-order valence-electron chi connectivity index (χ0n) is 20.3. The molecule has 5 aromatic rings. The number of imidazole rings is 2. The average Bonchev–Trinajstić information content (AvgIpc) is 3.38. The molecule has 178 valence electrons. The van der Waals surface area contributed by atoms with Gasteiger partial charge in [0.25, 0.3) is 0 Å². The molecule has 0 aliphatic rings. The van der Waals surface area contributed by atoms with E-state index in [9.17, 15) is 4.79 Å². The molecule has 0 spiro atoms. The topological polar surface area (TPSA) is 79.8 Å². The Kier molecular flexibility index (Phi) is 5.94. The van der Waals surface area contributed by atoms with Crippen LogP contribution in [0.4, 0.5) is 0 Å². The van der Waals surface area contributed by atoms with Gasteiger partial charge in [-0.05, 0) is 29.2 Å². The molecule has 0 saturated carbocycles. The molecule has 0 amide bonds. The van der Waals surface area contributed by atoms with Crippen LogP contribution >= 0.6 is 0 Å². The first kappa shape index (κ1) is 22.6. The van der Waals surface area contributed by atoms with Crippen molar-refractivity contribution in [1.82, 2.24) is 28.7 Å². The Labute approximate surface area is 203 Å². The van der Waals surface area contributed by atoms with E-state index in [-0.39, 0.29) is 5.69 Å². The SMILES string of the molecule is CC(C)c1ccccc1-c1ncc2c(n1)n(Cc1cccc(OCc3cncn3C)c1)c(=O)n2C. The number of rotatable bonds is 7. The smallest absolute Gasteiger partial charge is 0.330 e. The maximum absolute atomic E-state index is 13.1. The standard InChI is InChI=1S/C27H28N6O2/c1-18(2)22-10-5-6-11-23(22)25-29-14-24-26(30-25)33(27(34)32(24)4)15-19-8-7-9-21(12-19)35-16-20-13-28-17-31(20)3/h5-14,17-18H,15-16H2,1-4H3. The first-order valence-electron chi connectivity index (χ1n) is 11.6. The molecule has 8 nitrogen and oxygen atoms in total. The van der Waals surface area contributed by atoms with Gasteiger partial charge in [0.15, 0.2) is 11.5 Å². The third kappa shape index (κ3) is 4.35. The first-order chi connectivity index (χ1) is 16.9. The number of aryl methyl sites for hydroxylation is 2.